The summed E-state index contributed by atoms with van der Waals surface area (Å²) in [6, 6.07) is 1.25. The third kappa shape index (κ3) is 4.63. The summed E-state index contributed by atoms with van der Waals surface area (Å²) in [5.74, 6) is 0. The fourth-order valence-electron chi connectivity index (χ4n) is 3.11. The molecular formula is C15H29N3O2. The number of nitrogens with two attached hydrogens (primary N) is 1. The Morgan fingerprint density at radius 3 is 2.60 bits per heavy atom. The number of carbonyl (C=O) groups excluding carboxylic acids is 1. The first kappa shape index (κ1) is 15.6. The van der Waals surface area contributed by atoms with Crippen LogP contribution in [0.2, 0.25) is 0 Å². The van der Waals surface area contributed by atoms with Gasteiger partial charge in [-0.3, -0.25) is 0 Å². The first-order chi connectivity index (χ1) is 9.33. The van der Waals surface area contributed by atoms with Gasteiger partial charge in [-0.25, -0.2) is 4.79 Å². The maximum absolute atomic E-state index is 12.1. The molecule has 1 aliphatic heterocycles. The van der Waals surface area contributed by atoms with Crippen molar-refractivity contribution in [3.8, 4) is 0 Å². The number of hydrogen-bond acceptors (Lipinski definition) is 4. The summed E-state index contributed by atoms with van der Waals surface area (Å²) in [4.78, 5) is 13.9. The van der Waals surface area contributed by atoms with E-state index in [1.165, 1.54) is 0 Å². The van der Waals surface area contributed by atoms with Crippen molar-refractivity contribution in [2.45, 2.75) is 76.6 Å². The highest BCUT2D eigenvalue weighted by Crippen LogP contribution is 2.20. The highest BCUT2D eigenvalue weighted by molar-refractivity contribution is 5.68. The van der Waals surface area contributed by atoms with Gasteiger partial charge in [-0.05, 0) is 52.9 Å². The number of piperidine rings is 1. The number of ether oxygens (including phenoxy) is 1. The minimum atomic E-state index is -0.421. The average molecular weight is 283 g/mol. The second kappa shape index (κ2) is 6.31. The van der Waals surface area contributed by atoms with E-state index in [2.05, 4.69) is 5.32 Å². The molecule has 2 aliphatic rings. The molecule has 20 heavy (non-hydrogen) atoms. The highest BCUT2D eigenvalue weighted by atomic mass is 16.6. The molecule has 5 heteroatoms. The minimum Gasteiger partial charge on any atom is -0.444 e. The number of likely N-dealkylation sites (tertiary alicyclic amines) is 1. The monoisotopic (exact) mass is 283 g/mol. The lowest BCUT2D eigenvalue weighted by atomic mass is 10.0. The van der Waals surface area contributed by atoms with Gasteiger partial charge in [-0.2, -0.15) is 0 Å². The van der Waals surface area contributed by atoms with Crippen LogP contribution >= 0.6 is 0 Å². The van der Waals surface area contributed by atoms with E-state index in [0.717, 1.165) is 45.2 Å². The zero-order valence-corrected chi connectivity index (χ0v) is 13.0. The fraction of sp³-hybridized carbons (Fsp3) is 0.933. The number of amides is 1. The second-order valence-corrected chi connectivity index (χ2v) is 7.20. The van der Waals surface area contributed by atoms with E-state index in [9.17, 15) is 4.79 Å². The van der Waals surface area contributed by atoms with Gasteiger partial charge in [0.25, 0.3) is 0 Å². The van der Waals surface area contributed by atoms with Gasteiger partial charge in [0, 0.05) is 31.2 Å². The molecule has 3 atom stereocenters. The van der Waals surface area contributed by atoms with Gasteiger partial charge in [0.1, 0.15) is 5.60 Å². The van der Waals surface area contributed by atoms with Crippen molar-refractivity contribution in [1.29, 1.82) is 0 Å². The predicted molar refractivity (Wildman–Crippen MR) is 79.6 cm³/mol. The van der Waals surface area contributed by atoms with Gasteiger partial charge in [0.05, 0.1) is 0 Å². The van der Waals surface area contributed by atoms with E-state index < -0.39 is 5.60 Å². The van der Waals surface area contributed by atoms with Crippen LogP contribution in [0.15, 0.2) is 0 Å². The zero-order valence-electron chi connectivity index (χ0n) is 13.0. The highest BCUT2D eigenvalue weighted by Gasteiger charge is 2.30. The first-order valence-electron chi connectivity index (χ1n) is 7.83. The standard InChI is InChI=1S/C15H29N3O2/c1-15(2,3)20-14(19)18-8-4-5-13(10-18)17-12-7-6-11(16)9-12/h11-13,17H,4-10,16H2,1-3H3. The van der Waals surface area contributed by atoms with Crippen LogP contribution in [0.4, 0.5) is 4.79 Å². The summed E-state index contributed by atoms with van der Waals surface area (Å²) >= 11 is 0. The molecule has 0 aromatic rings. The molecule has 3 N–H and O–H groups in total. The largest absolute Gasteiger partial charge is 0.444 e. The predicted octanol–water partition coefficient (Wildman–Crippen LogP) is 1.86. The quantitative estimate of drug-likeness (QED) is 0.811. The van der Waals surface area contributed by atoms with Crippen LogP contribution in [0.5, 0.6) is 0 Å². The van der Waals surface area contributed by atoms with Crippen molar-refractivity contribution < 1.29 is 9.53 Å². The summed E-state index contributed by atoms with van der Waals surface area (Å²) in [6.45, 7) is 7.28. The molecule has 1 saturated heterocycles. The molecule has 0 spiro atoms. The normalized spacial score (nSPS) is 31.4. The maximum atomic E-state index is 12.1. The topological polar surface area (TPSA) is 67.6 Å². The lowest BCUT2D eigenvalue weighted by molar-refractivity contribution is 0.0183. The summed E-state index contributed by atoms with van der Waals surface area (Å²) in [7, 11) is 0. The number of carbonyl (C=O) groups is 1. The third-order valence-electron chi connectivity index (χ3n) is 4.02. The van der Waals surface area contributed by atoms with Crippen LogP contribution < -0.4 is 11.1 Å². The fourth-order valence-corrected chi connectivity index (χ4v) is 3.11. The lowest BCUT2D eigenvalue weighted by Crippen LogP contribution is -2.51. The molecule has 116 valence electrons. The van der Waals surface area contributed by atoms with E-state index >= 15 is 0 Å². The molecule has 2 rings (SSSR count). The van der Waals surface area contributed by atoms with Crippen molar-refractivity contribution in [1.82, 2.24) is 10.2 Å². The lowest BCUT2D eigenvalue weighted by Gasteiger charge is -2.35. The summed E-state index contributed by atoms with van der Waals surface area (Å²) in [5, 5.41) is 3.67. The molecule has 1 amide bonds. The molecule has 0 radical (unpaired) electrons. The van der Waals surface area contributed by atoms with Gasteiger partial charge in [0.2, 0.25) is 0 Å². The number of hydrogen-bond donors (Lipinski definition) is 2. The van der Waals surface area contributed by atoms with Crippen molar-refractivity contribution in [2.75, 3.05) is 13.1 Å². The molecule has 0 aromatic heterocycles. The second-order valence-electron chi connectivity index (χ2n) is 7.20. The Bertz CT molecular complexity index is 341. The zero-order chi connectivity index (χ0) is 14.8. The Kier molecular flexibility index (Phi) is 4.91. The van der Waals surface area contributed by atoms with Crippen molar-refractivity contribution in [3.63, 3.8) is 0 Å². The molecule has 1 saturated carbocycles. The summed E-state index contributed by atoms with van der Waals surface area (Å²) < 4.78 is 5.45. The molecule has 0 aromatic carbocycles. The molecule has 1 aliphatic carbocycles. The van der Waals surface area contributed by atoms with Crippen LogP contribution in [-0.2, 0) is 4.74 Å². The van der Waals surface area contributed by atoms with Gasteiger partial charge in [-0.15, -0.1) is 0 Å². The first-order valence-corrected chi connectivity index (χ1v) is 7.83. The van der Waals surface area contributed by atoms with E-state index in [1.54, 1.807) is 0 Å². The van der Waals surface area contributed by atoms with Crippen LogP contribution in [0.1, 0.15) is 52.9 Å². The number of nitrogens with one attached hydrogen (secondary N) is 1. The molecule has 2 fully saturated rings. The number of nitrogens with zero attached hydrogens (tertiary/aromatic N) is 1. The van der Waals surface area contributed by atoms with Crippen molar-refractivity contribution in [2.24, 2.45) is 5.73 Å². The van der Waals surface area contributed by atoms with Gasteiger partial charge >= 0.3 is 6.09 Å². The molecule has 1 heterocycles. The van der Waals surface area contributed by atoms with Crippen molar-refractivity contribution in [3.05, 3.63) is 0 Å². The van der Waals surface area contributed by atoms with E-state index in [1.807, 2.05) is 25.7 Å². The maximum Gasteiger partial charge on any atom is 0.410 e. The van der Waals surface area contributed by atoms with Gasteiger partial charge in [-0.1, -0.05) is 0 Å². The smallest absolute Gasteiger partial charge is 0.410 e. The summed E-state index contributed by atoms with van der Waals surface area (Å²) in [5.41, 5.74) is 5.53. The average Bonchev–Trinajstić information content (AvgIpc) is 2.73. The van der Waals surface area contributed by atoms with Gasteiger partial charge in [0.15, 0.2) is 0 Å². The van der Waals surface area contributed by atoms with Crippen LogP contribution in [0.3, 0.4) is 0 Å². The van der Waals surface area contributed by atoms with E-state index in [0.29, 0.717) is 18.1 Å². The summed E-state index contributed by atoms with van der Waals surface area (Å²) in [6.07, 6.45) is 5.31. The van der Waals surface area contributed by atoms with Crippen LogP contribution in [0.25, 0.3) is 0 Å². The third-order valence-corrected chi connectivity index (χ3v) is 4.02. The molecule has 3 unspecified atom stereocenters. The minimum absolute atomic E-state index is 0.188. The Labute approximate surface area is 122 Å². The molecule has 0 bridgehead atoms. The van der Waals surface area contributed by atoms with Crippen molar-refractivity contribution >= 4 is 6.09 Å². The SMILES string of the molecule is CC(C)(C)OC(=O)N1CCCC(NC2CCC(N)C2)C1. The van der Waals surface area contributed by atoms with Gasteiger partial charge < -0.3 is 20.7 Å². The van der Waals surface area contributed by atoms with Crippen LogP contribution in [0, 0.1) is 0 Å². The molecular weight excluding hydrogens is 254 g/mol. The Hall–Kier alpha value is -0.810. The van der Waals surface area contributed by atoms with E-state index in [-0.39, 0.29) is 6.09 Å². The number of rotatable bonds is 2. The Balaban J connectivity index is 1.80. The molecule has 5 nitrogen and oxygen atoms in total. The van der Waals surface area contributed by atoms with E-state index in [4.69, 9.17) is 10.5 Å². The Morgan fingerprint density at radius 2 is 2.00 bits per heavy atom. The van der Waals surface area contributed by atoms with Crippen LogP contribution in [-0.4, -0.2) is 47.8 Å². The Morgan fingerprint density at radius 1 is 1.25 bits per heavy atom.